The van der Waals surface area contributed by atoms with Crippen LogP contribution >= 0.6 is 0 Å². The summed E-state index contributed by atoms with van der Waals surface area (Å²) < 4.78 is 32.7. The second-order valence-corrected chi connectivity index (χ2v) is 9.59. The van der Waals surface area contributed by atoms with E-state index < -0.39 is 15.9 Å². The molecule has 3 aromatic carbocycles. The van der Waals surface area contributed by atoms with Gasteiger partial charge in [-0.1, -0.05) is 23.8 Å². The summed E-state index contributed by atoms with van der Waals surface area (Å²) in [5.41, 5.74) is 3.42. The molecule has 0 aliphatic carbocycles. The van der Waals surface area contributed by atoms with Crippen LogP contribution in [0.4, 0.5) is 17.1 Å². The fourth-order valence-electron chi connectivity index (χ4n) is 3.25. The van der Waals surface area contributed by atoms with Gasteiger partial charge in [0, 0.05) is 22.6 Å². The fourth-order valence-corrected chi connectivity index (χ4v) is 4.30. The minimum Gasteiger partial charge on any atom is -0.459 e. The molecular weight excluding hydrogens is 466 g/mol. The number of anilines is 3. The van der Waals surface area contributed by atoms with E-state index in [-0.39, 0.29) is 16.6 Å². The Bertz CT molecular complexity index is 1460. The molecule has 1 aromatic heterocycles. The first-order chi connectivity index (χ1) is 16.7. The van der Waals surface area contributed by atoms with Crippen LogP contribution < -0.4 is 15.4 Å². The first-order valence-corrected chi connectivity index (χ1v) is 12.2. The standard InChI is InChI=1S/C26H23N3O5S/c1-17-5-13-22(14-6-17)35(32,33)29-21-11-9-20(10-12-21)27-25(30)19-8-7-18(2)23(16-19)28-26(31)24-4-3-15-34-24/h3-16,29H,1-2H3,(H,27,30)(H,28,31). The van der Waals surface area contributed by atoms with E-state index in [1.807, 2.05) is 13.8 Å². The maximum Gasteiger partial charge on any atom is 0.291 e. The van der Waals surface area contributed by atoms with Gasteiger partial charge < -0.3 is 15.1 Å². The molecule has 3 N–H and O–H groups in total. The van der Waals surface area contributed by atoms with Gasteiger partial charge in [0.1, 0.15) is 0 Å². The molecule has 2 amide bonds. The molecule has 8 nitrogen and oxygen atoms in total. The summed E-state index contributed by atoms with van der Waals surface area (Å²) in [6.45, 7) is 3.70. The molecule has 0 fully saturated rings. The van der Waals surface area contributed by atoms with Crippen molar-refractivity contribution in [3.8, 4) is 0 Å². The molecule has 4 rings (SSSR count). The van der Waals surface area contributed by atoms with Crippen LogP contribution in [0.15, 0.2) is 94.4 Å². The van der Waals surface area contributed by atoms with Gasteiger partial charge in [0.2, 0.25) is 0 Å². The van der Waals surface area contributed by atoms with Gasteiger partial charge in [-0.3, -0.25) is 14.3 Å². The van der Waals surface area contributed by atoms with Crippen LogP contribution in [0.3, 0.4) is 0 Å². The Hall–Kier alpha value is -4.37. The summed E-state index contributed by atoms with van der Waals surface area (Å²) in [6, 6.07) is 21.0. The Kier molecular flexibility index (Phi) is 6.70. The molecule has 0 spiro atoms. The van der Waals surface area contributed by atoms with Crippen LogP contribution in [0.1, 0.15) is 32.0 Å². The summed E-state index contributed by atoms with van der Waals surface area (Å²) >= 11 is 0. The number of carbonyl (C=O) groups is 2. The molecule has 1 heterocycles. The van der Waals surface area contributed by atoms with Crippen LogP contribution in [0, 0.1) is 13.8 Å². The van der Waals surface area contributed by atoms with E-state index in [1.54, 1.807) is 78.9 Å². The lowest BCUT2D eigenvalue weighted by Crippen LogP contribution is -2.15. The lowest BCUT2D eigenvalue weighted by Gasteiger charge is -2.11. The van der Waals surface area contributed by atoms with Crippen LogP contribution in [-0.2, 0) is 10.0 Å². The van der Waals surface area contributed by atoms with Crippen molar-refractivity contribution >= 4 is 38.9 Å². The number of carbonyl (C=O) groups excluding carboxylic acids is 2. The van der Waals surface area contributed by atoms with Crippen molar-refractivity contribution < 1.29 is 22.4 Å². The number of furan rings is 1. The first-order valence-electron chi connectivity index (χ1n) is 10.7. The Morgan fingerprint density at radius 2 is 1.46 bits per heavy atom. The maximum atomic E-state index is 12.8. The third-order valence-electron chi connectivity index (χ3n) is 5.22. The van der Waals surface area contributed by atoms with Gasteiger partial charge in [0.05, 0.1) is 11.2 Å². The molecule has 4 aromatic rings. The number of nitrogens with one attached hydrogen (secondary N) is 3. The number of hydrogen-bond acceptors (Lipinski definition) is 5. The molecule has 35 heavy (non-hydrogen) atoms. The minimum absolute atomic E-state index is 0.162. The highest BCUT2D eigenvalue weighted by Crippen LogP contribution is 2.21. The van der Waals surface area contributed by atoms with Crippen molar-refractivity contribution in [3.63, 3.8) is 0 Å². The highest BCUT2D eigenvalue weighted by atomic mass is 32.2. The number of rotatable bonds is 7. The minimum atomic E-state index is -3.72. The highest BCUT2D eigenvalue weighted by Gasteiger charge is 2.15. The second kappa shape index (κ2) is 9.86. The summed E-state index contributed by atoms with van der Waals surface area (Å²) in [5.74, 6) is -0.636. The summed E-state index contributed by atoms with van der Waals surface area (Å²) in [4.78, 5) is 25.2. The van der Waals surface area contributed by atoms with Gasteiger partial charge in [0.25, 0.3) is 21.8 Å². The third kappa shape index (κ3) is 5.77. The van der Waals surface area contributed by atoms with Gasteiger partial charge in [0.15, 0.2) is 5.76 Å². The Labute approximate surface area is 203 Å². The Morgan fingerprint density at radius 3 is 2.11 bits per heavy atom. The van der Waals surface area contributed by atoms with E-state index >= 15 is 0 Å². The predicted molar refractivity (Wildman–Crippen MR) is 134 cm³/mol. The number of hydrogen-bond donors (Lipinski definition) is 3. The second-order valence-electron chi connectivity index (χ2n) is 7.91. The highest BCUT2D eigenvalue weighted by molar-refractivity contribution is 7.92. The van der Waals surface area contributed by atoms with Crippen LogP contribution in [-0.4, -0.2) is 20.2 Å². The molecule has 9 heteroatoms. The van der Waals surface area contributed by atoms with Crippen molar-refractivity contribution in [2.24, 2.45) is 0 Å². The van der Waals surface area contributed by atoms with Gasteiger partial charge in [-0.05, 0) is 80.1 Å². The van der Waals surface area contributed by atoms with E-state index in [1.165, 1.54) is 6.26 Å². The van der Waals surface area contributed by atoms with Crippen LogP contribution in [0.25, 0.3) is 0 Å². The van der Waals surface area contributed by atoms with Crippen LogP contribution in [0.2, 0.25) is 0 Å². The summed E-state index contributed by atoms with van der Waals surface area (Å²) in [7, 11) is -3.72. The largest absolute Gasteiger partial charge is 0.459 e. The molecule has 0 unspecified atom stereocenters. The van der Waals surface area contributed by atoms with Gasteiger partial charge in [-0.15, -0.1) is 0 Å². The molecule has 0 bridgehead atoms. The smallest absolute Gasteiger partial charge is 0.291 e. The lowest BCUT2D eigenvalue weighted by molar-refractivity contribution is 0.0993. The molecule has 178 valence electrons. The number of amides is 2. The lowest BCUT2D eigenvalue weighted by atomic mass is 10.1. The van der Waals surface area contributed by atoms with Crippen molar-refractivity contribution in [2.75, 3.05) is 15.4 Å². The van der Waals surface area contributed by atoms with Crippen molar-refractivity contribution in [2.45, 2.75) is 18.7 Å². The molecule has 0 saturated heterocycles. The molecule has 0 aliphatic rings. The van der Waals surface area contributed by atoms with E-state index in [2.05, 4.69) is 15.4 Å². The topological polar surface area (TPSA) is 118 Å². The van der Waals surface area contributed by atoms with E-state index in [0.29, 0.717) is 22.6 Å². The SMILES string of the molecule is Cc1ccc(S(=O)(=O)Nc2ccc(NC(=O)c3ccc(C)c(NC(=O)c4ccco4)c3)cc2)cc1. The first kappa shape index (κ1) is 23.8. The van der Waals surface area contributed by atoms with Gasteiger partial charge in [-0.2, -0.15) is 0 Å². The Morgan fingerprint density at radius 1 is 0.771 bits per heavy atom. The van der Waals surface area contributed by atoms with E-state index in [0.717, 1.165) is 11.1 Å². The molecule has 0 saturated carbocycles. The zero-order valence-corrected chi connectivity index (χ0v) is 19.8. The van der Waals surface area contributed by atoms with Crippen LogP contribution in [0.5, 0.6) is 0 Å². The average molecular weight is 490 g/mol. The zero-order chi connectivity index (χ0) is 25.0. The Balaban J connectivity index is 1.43. The molecule has 0 radical (unpaired) electrons. The maximum absolute atomic E-state index is 12.8. The van der Waals surface area contributed by atoms with Crippen molar-refractivity contribution in [1.82, 2.24) is 0 Å². The zero-order valence-electron chi connectivity index (χ0n) is 19.0. The van der Waals surface area contributed by atoms with Crippen molar-refractivity contribution in [1.29, 1.82) is 0 Å². The van der Waals surface area contributed by atoms with Gasteiger partial charge in [-0.25, -0.2) is 8.42 Å². The molecule has 0 aliphatic heterocycles. The number of aryl methyl sites for hydroxylation is 2. The summed E-state index contributed by atoms with van der Waals surface area (Å²) in [6.07, 6.45) is 1.41. The third-order valence-corrected chi connectivity index (χ3v) is 6.62. The van der Waals surface area contributed by atoms with Crippen molar-refractivity contribution in [3.05, 3.63) is 108 Å². The number of benzene rings is 3. The molecule has 0 atom stereocenters. The van der Waals surface area contributed by atoms with Gasteiger partial charge >= 0.3 is 0 Å². The van der Waals surface area contributed by atoms with E-state index in [9.17, 15) is 18.0 Å². The normalized spacial score (nSPS) is 11.0. The monoisotopic (exact) mass is 489 g/mol. The number of sulfonamides is 1. The molecular formula is C26H23N3O5S. The quantitative estimate of drug-likeness (QED) is 0.330. The summed E-state index contributed by atoms with van der Waals surface area (Å²) in [5, 5.41) is 5.51. The average Bonchev–Trinajstić information content (AvgIpc) is 3.37. The fraction of sp³-hybridized carbons (Fsp3) is 0.0769. The van der Waals surface area contributed by atoms with E-state index in [4.69, 9.17) is 4.42 Å². The predicted octanol–water partition coefficient (Wildman–Crippen LogP) is 5.20.